The molecule has 1 saturated carbocycles. The Kier molecular flexibility index (Phi) is 5.09. The molecule has 1 heterocycles. The third-order valence-electron chi connectivity index (χ3n) is 4.20. The van der Waals surface area contributed by atoms with Crippen LogP contribution >= 0.6 is 23.2 Å². The zero-order chi connectivity index (χ0) is 16.4. The lowest BCUT2D eigenvalue weighted by Crippen LogP contribution is -2.45. The van der Waals surface area contributed by atoms with E-state index in [1.54, 1.807) is 6.07 Å². The summed E-state index contributed by atoms with van der Waals surface area (Å²) in [5.41, 5.74) is 1.05. The fraction of sp³-hybridized carbons (Fsp3) is 0.500. The Labute approximate surface area is 145 Å². The maximum Gasteiger partial charge on any atom is 0.321 e. The highest BCUT2D eigenvalue weighted by Crippen LogP contribution is 2.34. The Balaban J connectivity index is 1.58. The molecule has 23 heavy (non-hydrogen) atoms. The molecule has 0 radical (unpaired) electrons. The van der Waals surface area contributed by atoms with Crippen molar-refractivity contribution in [2.45, 2.75) is 37.8 Å². The van der Waals surface area contributed by atoms with Gasteiger partial charge in [-0.2, -0.15) is 0 Å². The predicted octanol–water partition coefficient (Wildman–Crippen LogP) is 3.12. The predicted molar refractivity (Wildman–Crippen MR) is 89.7 cm³/mol. The van der Waals surface area contributed by atoms with Crippen LogP contribution in [0.1, 0.15) is 37.3 Å². The number of likely N-dealkylation sites (tertiary alicyclic amines) is 1. The van der Waals surface area contributed by atoms with Gasteiger partial charge in [0.25, 0.3) is 0 Å². The van der Waals surface area contributed by atoms with Crippen LogP contribution < -0.4 is 10.6 Å². The topological polar surface area (TPSA) is 61.4 Å². The second-order valence-electron chi connectivity index (χ2n) is 6.10. The van der Waals surface area contributed by atoms with E-state index in [0.29, 0.717) is 10.0 Å². The average Bonchev–Trinajstić information content (AvgIpc) is 3.18. The maximum absolute atomic E-state index is 12.0. The lowest BCUT2D eigenvalue weighted by molar-refractivity contribution is -0.121. The van der Waals surface area contributed by atoms with Crippen molar-refractivity contribution in [2.24, 2.45) is 0 Å². The van der Waals surface area contributed by atoms with Crippen molar-refractivity contribution in [1.29, 1.82) is 0 Å². The zero-order valence-corrected chi connectivity index (χ0v) is 14.2. The van der Waals surface area contributed by atoms with Crippen LogP contribution in [0, 0.1) is 0 Å². The monoisotopic (exact) mass is 355 g/mol. The van der Waals surface area contributed by atoms with Gasteiger partial charge in [-0.25, -0.2) is 4.79 Å². The first-order chi connectivity index (χ1) is 11.0. The first-order valence-electron chi connectivity index (χ1n) is 7.82. The number of imide groups is 1. The Morgan fingerprint density at radius 2 is 1.96 bits per heavy atom. The Bertz CT molecular complexity index is 619. The van der Waals surface area contributed by atoms with E-state index >= 15 is 0 Å². The Morgan fingerprint density at radius 1 is 1.17 bits per heavy atom. The molecule has 1 saturated heterocycles. The molecule has 2 aliphatic rings. The van der Waals surface area contributed by atoms with Crippen LogP contribution in [0.3, 0.4) is 0 Å². The van der Waals surface area contributed by atoms with E-state index in [1.165, 1.54) is 0 Å². The van der Waals surface area contributed by atoms with E-state index in [1.807, 2.05) is 12.1 Å². The molecule has 1 unspecified atom stereocenters. The highest BCUT2D eigenvalue weighted by Gasteiger charge is 2.29. The van der Waals surface area contributed by atoms with Crippen molar-refractivity contribution in [1.82, 2.24) is 15.5 Å². The highest BCUT2D eigenvalue weighted by molar-refractivity contribution is 6.42. The Hall–Kier alpha value is -1.30. The number of nitrogens with zero attached hydrogens (tertiary/aromatic N) is 1. The fourth-order valence-corrected chi connectivity index (χ4v) is 3.22. The molecule has 124 valence electrons. The highest BCUT2D eigenvalue weighted by atomic mass is 35.5. The van der Waals surface area contributed by atoms with E-state index < -0.39 is 6.03 Å². The number of amides is 3. The van der Waals surface area contributed by atoms with Gasteiger partial charge in [-0.3, -0.25) is 15.0 Å². The van der Waals surface area contributed by atoms with E-state index in [9.17, 15) is 9.59 Å². The fourth-order valence-electron chi connectivity index (χ4n) is 2.91. The molecule has 5 nitrogen and oxygen atoms in total. The molecule has 1 atom stereocenters. The molecule has 0 aromatic heterocycles. The second kappa shape index (κ2) is 7.07. The first kappa shape index (κ1) is 16.6. The lowest BCUT2D eigenvalue weighted by atomic mass is 10.0. The van der Waals surface area contributed by atoms with Crippen molar-refractivity contribution in [3.05, 3.63) is 33.8 Å². The molecule has 3 rings (SSSR count). The summed E-state index contributed by atoms with van der Waals surface area (Å²) in [6.45, 7) is 1.02. The van der Waals surface area contributed by atoms with Gasteiger partial charge in [0, 0.05) is 12.1 Å². The van der Waals surface area contributed by atoms with Crippen molar-refractivity contribution < 1.29 is 9.59 Å². The van der Waals surface area contributed by atoms with Crippen LogP contribution in [-0.2, 0) is 4.79 Å². The van der Waals surface area contributed by atoms with Gasteiger partial charge in [-0.15, -0.1) is 0 Å². The number of hydrogen-bond donors (Lipinski definition) is 2. The van der Waals surface area contributed by atoms with Crippen molar-refractivity contribution in [2.75, 3.05) is 13.1 Å². The molecular weight excluding hydrogens is 337 g/mol. The van der Waals surface area contributed by atoms with Gasteiger partial charge in [0.15, 0.2) is 0 Å². The lowest BCUT2D eigenvalue weighted by Gasteiger charge is -2.24. The number of carbonyl (C=O) groups is 2. The van der Waals surface area contributed by atoms with E-state index in [0.717, 1.165) is 37.8 Å². The van der Waals surface area contributed by atoms with Gasteiger partial charge in [0.2, 0.25) is 5.91 Å². The number of nitrogens with one attached hydrogen (secondary N) is 2. The average molecular weight is 356 g/mol. The molecule has 1 aliphatic carbocycles. The normalized spacial score (nSPS) is 21.2. The molecule has 1 aromatic rings. The number of rotatable bonds is 4. The SMILES string of the molecule is O=C(CN1CCCC1c1ccc(Cl)c(Cl)c1)NC(=O)NC1CC1. The van der Waals surface area contributed by atoms with Crippen molar-refractivity contribution in [3.8, 4) is 0 Å². The van der Waals surface area contributed by atoms with Crippen LogP contribution in [0.15, 0.2) is 18.2 Å². The smallest absolute Gasteiger partial charge is 0.321 e. The number of urea groups is 1. The van der Waals surface area contributed by atoms with Gasteiger partial charge in [0.05, 0.1) is 16.6 Å². The van der Waals surface area contributed by atoms with Crippen LogP contribution in [0.4, 0.5) is 4.79 Å². The summed E-state index contributed by atoms with van der Waals surface area (Å²) in [4.78, 5) is 25.7. The van der Waals surface area contributed by atoms with Crippen LogP contribution in [0.5, 0.6) is 0 Å². The second-order valence-corrected chi connectivity index (χ2v) is 6.91. The van der Waals surface area contributed by atoms with Crippen molar-refractivity contribution in [3.63, 3.8) is 0 Å². The molecule has 2 fully saturated rings. The van der Waals surface area contributed by atoms with Gasteiger partial charge in [-0.1, -0.05) is 29.3 Å². The van der Waals surface area contributed by atoms with E-state index in [-0.39, 0.29) is 24.5 Å². The first-order valence-corrected chi connectivity index (χ1v) is 8.58. The molecule has 3 amide bonds. The molecule has 7 heteroatoms. The van der Waals surface area contributed by atoms with Crippen LogP contribution in [-0.4, -0.2) is 36.0 Å². The van der Waals surface area contributed by atoms with Gasteiger partial charge in [-0.05, 0) is 49.9 Å². The number of hydrogen-bond acceptors (Lipinski definition) is 3. The summed E-state index contributed by atoms with van der Waals surface area (Å²) in [5, 5.41) is 6.18. The quantitative estimate of drug-likeness (QED) is 0.872. The summed E-state index contributed by atoms with van der Waals surface area (Å²) in [6.07, 6.45) is 3.95. The zero-order valence-electron chi connectivity index (χ0n) is 12.6. The molecular formula is C16H19Cl2N3O2. The molecule has 1 aliphatic heterocycles. The molecule has 0 spiro atoms. The van der Waals surface area contributed by atoms with E-state index in [4.69, 9.17) is 23.2 Å². The summed E-state index contributed by atoms with van der Waals surface area (Å²) in [6, 6.07) is 5.53. The van der Waals surface area contributed by atoms with Gasteiger partial charge >= 0.3 is 6.03 Å². The largest absolute Gasteiger partial charge is 0.335 e. The van der Waals surface area contributed by atoms with Crippen LogP contribution in [0.25, 0.3) is 0 Å². The number of halogens is 2. The third kappa shape index (κ3) is 4.37. The van der Waals surface area contributed by atoms with E-state index in [2.05, 4.69) is 15.5 Å². The van der Waals surface area contributed by atoms with Crippen molar-refractivity contribution >= 4 is 35.1 Å². The number of benzene rings is 1. The summed E-state index contributed by atoms with van der Waals surface area (Å²) >= 11 is 12.0. The third-order valence-corrected chi connectivity index (χ3v) is 4.94. The summed E-state index contributed by atoms with van der Waals surface area (Å²) in [5.74, 6) is -0.282. The Morgan fingerprint density at radius 3 is 2.65 bits per heavy atom. The summed E-state index contributed by atoms with van der Waals surface area (Å²) < 4.78 is 0. The van der Waals surface area contributed by atoms with Crippen LogP contribution in [0.2, 0.25) is 10.0 Å². The number of carbonyl (C=O) groups excluding carboxylic acids is 2. The molecule has 2 N–H and O–H groups in total. The standard InChI is InChI=1S/C16H19Cl2N3O2/c17-12-6-3-10(8-13(12)18)14-2-1-7-21(14)9-15(22)20-16(23)19-11-4-5-11/h3,6,8,11,14H,1-2,4-5,7,9H2,(H2,19,20,22,23). The molecule has 0 bridgehead atoms. The summed E-state index contributed by atoms with van der Waals surface area (Å²) in [7, 11) is 0. The molecule has 1 aromatic carbocycles. The minimum Gasteiger partial charge on any atom is -0.335 e. The van der Waals surface area contributed by atoms with Gasteiger partial charge in [0.1, 0.15) is 0 Å². The van der Waals surface area contributed by atoms with Gasteiger partial charge < -0.3 is 5.32 Å². The minimum absolute atomic E-state index is 0.127. The minimum atomic E-state index is -0.400. The maximum atomic E-state index is 12.0.